The molecule has 5 nitrogen and oxygen atoms in total. The lowest BCUT2D eigenvalue weighted by molar-refractivity contribution is 0.0692. The second-order valence-electron chi connectivity index (χ2n) is 2.27. The third-order valence-corrected chi connectivity index (χ3v) is 1.53. The molecule has 0 aliphatic carbocycles. The van der Waals surface area contributed by atoms with Crippen molar-refractivity contribution in [3.63, 3.8) is 0 Å². The Labute approximate surface area is 67.2 Å². The number of carboxylic acid groups (broad SMARTS) is 1. The van der Waals surface area contributed by atoms with Crippen LogP contribution in [0.3, 0.4) is 0 Å². The molecule has 0 saturated heterocycles. The highest BCUT2D eigenvalue weighted by molar-refractivity contribution is 5.92. The summed E-state index contributed by atoms with van der Waals surface area (Å²) >= 11 is 0. The topological polar surface area (TPSA) is 67.5 Å². The molecule has 0 radical (unpaired) electrons. The summed E-state index contributed by atoms with van der Waals surface area (Å²) in [5.74, 6) is -1.06. The summed E-state index contributed by atoms with van der Waals surface area (Å²) in [7, 11) is 0. The molecule has 2 rings (SSSR count). The number of hydrogen-bond donors (Lipinski definition) is 1. The van der Waals surface area contributed by atoms with Gasteiger partial charge in [0.2, 0.25) is 0 Å². The molecule has 0 aromatic carbocycles. The van der Waals surface area contributed by atoms with E-state index in [1.807, 2.05) is 0 Å². The van der Waals surface area contributed by atoms with Crippen LogP contribution in [-0.4, -0.2) is 25.9 Å². The molecular weight excluding hydrogens is 158 g/mol. The molecule has 60 valence electrons. The number of pyridine rings is 1. The molecule has 0 amide bonds. The number of aromatic carboxylic acids is 1. The molecule has 0 atom stereocenters. The van der Waals surface area contributed by atoms with Crippen molar-refractivity contribution >= 4 is 11.5 Å². The molecule has 0 bridgehead atoms. The Morgan fingerprint density at radius 3 is 3.08 bits per heavy atom. The van der Waals surface area contributed by atoms with E-state index in [2.05, 4.69) is 10.3 Å². The van der Waals surface area contributed by atoms with E-state index in [0.717, 1.165) is 0 Å². The van der Waals surface area contributed by atoms with E-state index in [1.54, 1.807) is 24.4 Å². The SMILES string of the molecule is O=C(O)c1nnn2ccccc12. The predicted octanol–water partition coefficient (Wildman–Crippen LogP) is 0.427. The van der Waals surface area contributed by atoms with Crippen LogP contribution in [0.25, 0.3) is 5.52 Å². The average molecular weight is 163 g/mol. The Bertz CT molecular complexity index is 435. The highest BCUT2D eigenvalue weighted by Crippen LogP contribution is 2.05. The van der Waals surface area contributed by atoms with Crippen LogP contribution in [-0.2, 0) is 0 Å². The minimum Gasteiger partial charge on any atom is -0.476 e. The number of carboxylic acids is 1. The van der Waals surface area contributed by atoms with Crippen molar-refractivity contribution in [1.29, 1.82) is 0 Å². The number of aromatic nitrogens is 3. The number of nitrogens with zero attached hydrogens (tertiary/aromatic N) is 3. The van der Waals surface area contributed by atoms with Crippen molar-refractivity contribution < 1.29 is 9.90 Å². The number of hydrogen-bond acceptors (Lipinski definition) is 3. The van der Waals surface area contributed by atoms with Crippen LogP contribution >= 0.6 is 0 Å². The smallest absolute Gasteiger partial charge is 0.358 e. The lowest BCUT2D eigenvalue weighted by atomic mass is 10.3. The van der Waals surface area contributed by atoms with Crippen LogP contribution in [0.2, 0.25) is 0 Å². The summed E-state index contributed by atoms with van der Waals surface area (Å²) in [6, 6.07) is 5.15. The fourth-order valence-electron chi connectivity index (χ4n) is 0.996. The van der Waals surface area contributed by atoms with Gasteiger partial charge in [0.05, 0.1) is 0 Å². The van der Waals surface area contributed by atoms with Gasteiger partial charge in [0.25, 0.3) is 0 Å². The minimum absolute atomic E-state index is 0.0180. The maximum atomic E-state index is 10.6. The second kappa shape index (κ2) is 2.30. The van der Waals surface area contributed by atoms with Gasteiger partial charge in [0.15, 0.2) is 5.69 Å². The van der Waals surface area contributed by atoms with E-state index in [-0.39, 0.29) is 5.69 Å². The molecule has 1 N–H and O–H groups in total. The van der Waals surface area contributed by atoms with Gasteiger partial charge in [-0.1, -0.05) is 11.3 Å². The van der Waals surface area contributed by atoms with Crippen molar-refractivity contribution in [3.05, 3.63) is 30.1 Å². The molecule has 0 spiro atoms. The number of carbonyl (C=O) groups is 1. The molecule has 0 saturated carbocycles. The molecule has 0 aliphatic heterocycles. The van der Waals surface area contributed by atoms with Gasteiger partial charge in [-0.25, -0.2) is 9.31 Å². The highest BCUT2D eigenvalue weighted by atomic mass is 16.4. The van der Waals surface area contributed by atoms with Gasteiger partial charge in [-0.05, 0) is 12.1 Å². The van der Waals surface area contributed by atoms with E-state index < -0.39 is 5.97 Å². The van der Waals surface area contributed by atoms with E-state index in [1.165, 1.54) is 4.52 Å². The molecule has 0 aliphatic rings. The monoisotopic (exact) mass is 163 g/mol. The third kappa shape index (κ3) is 0.833. The van der Waals surface area contributed by atoms with E-state index >= 15 is 0 Å². The Hall–Kier alpha value is -1.91. The Morgan fingerprint density at radius 2 is 2.33 bits per heavy atom. The van der Waals surface area contributed by atoms with Crippen LogP contribution < -0.4 is 0 Å². The van der Waals surface area contributed by atoms with Crippen molar-refractivity contribution in [2.24, 2.45) is 0 Å². The van der Waals surface area contributed by atoms with E-state index in [0.29, 0.717) is 5.52 Å². The Kier molecular flexibility index (Phi) is 1.30. The first kappa shape index (κ1) is 6.78. The van der Waals surface area contributed by atoms with Crippen LogP contribution in [0.1, 0.15) is 10.5 Å². The zero-order valence-corrected chi connectivity index (χ0v) is 6.01. The van der Waals surface area contributed by atoms with E-state index in [9.17, 15) is 4.79 Å². The summed E-state index contributed by atoms with van der Waals surface area (Å²) in [5, 5.41) is 15.8. The maximum Gasteiger partial charge on any atom is 0.358 e. The van der Waals surface area contributed by atoms with Crippen molar-refractivity contribution in [1.82, 2.24) is 14.8 Å². The molecule has 2 aromatic rings. The minimum atomic E-state index is -1.06. The zero-order valence-electron chi connectivity index (χ0n) is 6.01. The maximum absolute atomic E-state index is 10.6. The summed E-state index contributed by atoms with van der Waals surface area (Å²) in [4.78, 5) is 10.6. The molecule has 2 aromatic heterocycles. The fourth-order valence-corrected chi connectivity index (χ4v) is 0.996. The normalized spacial score (nSPS) is 10.3. The molecule has 0 fully saturated rings. The summed E-state index contributed by atoms with van der Waals surface area (Å²) < 4.78 is 1.42. The van der Waals surface area contributed by atoms with Crippen molar-refractivity contribution in [2.75, 3.05) is 0 Å². The van der Waals surface area contributed by atoms with Crippen LogP contribution in [0, 0.1) is 0 Å². The highest BCUT2D eigenvalue weighted by Gasteiger charge is 2.11. The standard InChI is InChI=1S/C7H5N3O2/c11-7(12)6-5-3-1-2-4-10(5)9-8-6/h1-4H,(H,11,12). The summed E-state index contributed by atoms with van der Waals surface area (Å²) in [6.07, 6.45) is 1.65. The lowest BCUT2D eigenvalue weighted by Crippen LogP contribution is -1.96. The van der Waals surface area contributed by atoms with Gasteiger partial charge in [-0.15, -0.1) is 5.10 Å². The van der Waals surface area contributed by atoms with Crippen LogP contribution in [0.4, 0.5) is 0 Å². The largest absolute Gasteiger partial charge is 0.476 e. The first-order valence-electron chi connectivity index (χ1n) is 3.32. The van der Waals surface area contributed by atoms with Gasteiger partial charge in [-0.2, -0.15) is 0 Å². The van der Waals surface area contributed by atoms with Gasteiger partial charge in [0.1, 0.15) is 5.52 Å². The first-order chi connectivity index (χ1) is 5.79. The fraction of sp³-hybridized carbons (Fsp3) is 0. The summed E-state index contributed by atoms with van der Waals surface area (Å²) in [5.41, 5.74) is 0.487. The van der Waals surface area contributed by atoms with Crippen LogP contribution in [0.15, 0.2) is 24.4 Å². The van der Waals surface area contributed by atoms with E-state index in [4.69, 9.17) is 5.11 Å². The summed E-state index contributed by atoms with van der Waals surface area (Å²) in [6.45, 7) is 0. The molecule has 0 unspecified atom stereocenters. The quantitative estimate of drug-likeness (QED) is 0.661. The first-order valence-corrected chi connectivity index (χ1v) is 3.32. The third-order valence-electron chi connectivity index (χ3n) is 1.53. The second-order valence-corrected chi connectivity index (χ2v) is 2.27. The van der Waals surface area contributed by atoms with Gasteiger partial charge >= 0.3 is 5.97 Å². The van der Waals surface area contributed by atoms with Crippen LogP contribution in [0.5, 0.6) is 0 Å². The van der Waals surface area contributed by atoms with Gasteiger partial charge in [0, 0.05) is 6.20 Å². The molecule has 12 heavy (non-hydrogen) atoms. The lowest BCUT2D eigenvalue weighted by Gasteiger charge is -1.88. The van der Waals surface area contributed by atoms with Gasteiger partial charge < -0.3 is 5.11 Å². The molecular formula is C7H5N3O2. The van der Waals surface area contributed by atoms with Crippen molar-refractivity contribution in [2.45, 2.75) is 0 Å². The Morgan fingerprint density at radius 1 is 1.50 bits per heavy atom. The average Bonchev–Trinajstić information content (AvgIpc) is 2.47. The predicted molar refractivity (Wildman–Crippen MR) is 39.9 cm³/mol. The van der Waals surface area contributed by atoms with Gasteiger partial charge in [-0.3, -0.25) is 0 Å². The molecule has 2 heterocycles. The number of fused-ring (bicyclic) bond motifs is 1. The zero-order chi connectivity index (χ0) is 8.55. The number of rotatable bonds is 1. The Balaban J connectivity index is 2.79. The molecule has 5 heteroatoms. The van der Waals surface area contributed by atoms with Crippen molar-refractivity contribution in [3.8, 4) is 0 Å².